The van der Waals surface area contributed by atoms with E-state index in [9.17, 15) is 8.78 Å². The van der Waals surface area contributed by atoms with Crippen LogP contribution in [0.15, 0.2) is 36.4 Å². The van der Waals surface area contributed by atoms with Crippen LogP contribution in [0.25, 0.3) is 0 Å². The van der Waals surface area contributed by atoms with Crippen LogP contribution in [0.3, 0.4) is 0 Å². The molecule has 0 fully saturated rings. The van der Waals surface area contributed by atoms with Gasteiger partial charge in [-0.3, -0.25) is 0 Å². The van der Waals surface area contributed by atoms with Crippen molar-refractivity contribution in [1.82, 2.24) is 5.32 Å². The minimum absolute atomic E-state index is 0.164. The van der Waals surface area contributed by atoms with E-state index >= 15 is 0 Å². The number of aryl methyl sites for hydroxylation is 1. The van der Waals surface area contributed by atoms with Crippen LogP contribution < -0.4 is 10.1 Å². The Kier molecular flexibility index (Phi) is 4.39. The molecule has 1 aliphatic heterocycles. The molecule has 1 aliphatic rings. The summed E-state index contributed by atoms with van der Waals surface area (Å²) in [5, 5.41) is 3.46. The van der Waals surface area contributed by atoms with Crippen LogP contribution in [0.5, 0.6) is 5.75 Å². The number of rotatable bonds is 4. The van der Waals surface area contributed by atoms with Gasteiger partial charge in [0.25, 0.3) is 0 Å². The van der Waals surface area contributed by atoms with Gasteiger partial charge in [0.15, 0.2) is 11.6 Å². The lowest BCUT2D eigenvalue weighted by Crippen LogP contribution is -2.30. The zero-order valence-electron chi connectivity index (χ0n) is 12.5. The van der Waals surface area contributed by atoms with Crippen LogP contribution in [-0.2, 0) is 12.8 Å². The van der Waals surface area contributed by atoms with E-state index in [1.807, 2.05) is 6.07 Å². The van der Waals surface area contributed by atoms with E-state index in [0.717, 1.165) is 31.2 Å². The highest BCUT2D eigenvalue weighted by Crippen LogP contribution is 2.30. The fraction of sp³-hybridized carbons (Fsp3) is 0.333. The normalized spacial score (nSPS) is 17.1. The molecule has 4 heteroatoms. The summed E-state index contributed by atoms with van der Waals surface area (Å²) in [6, 6.07) is 10.6. The molecule has 0 aliphatic carbocycles. The van der Waals surface area contributed by atoms with Gasteiger partial charge in [0.2, 0.25) is 0 Å². The molecule has 22 heavy (non-hydrogen) atoms. The predicted molar refractivity (Wildman–Crippen MR) is 82.1 cm³/mol. The van der Waals surface area contributed by atoms with Crippen LogP contribution in [0.1, 0.15) is 29.2 Å². The Morgan fingerprint density at radius 3 is 2.91 bits per heavy atom. The van der Waals surface area contributed by atoms with Gasteiger partial charge in [0, 0.05) is 6.04 Å². The molecule has 2 aromatic rings. The van der Waals surface area contributed by atoms with Gasteiger partial charge in [-0.2, -0.15) is 0 Å². The highest BCUT2D eigenvalue weighted by molar-refractivity contribution is 5.39. The molecule has 0 radical (unpaired) electrons. The maximum Gasteiger partial charge on any atom is 0.162 e. The van der Waals surface area contributed by atoms with E-state index in [-0.39, 0.29) is 6.04 Å². The van der Waals surface area contributed by atoms with Crippen molar-refractivity contribution in [3.63, 3.8) is 0 Å². The first-order chi connectivity index (χ1) is 10.7. The summed E-state index contributed by atoms with van der Waals surface area (Å²) in [5.41, 5.74) is 2.93. The quantitative estimate of drug-likeness (QED) is 0.928. The minimum atomic E-state index is -0.778. The second-order valence-corrected chi connectivity index (χ2v) is 5.57. The third-order valence-corrected chi connectivity index (χ3v) is 4.24. The van der Waals surface area contributed by atoms with Gasteiger partial charge in [-0.1, -0.05) is 18.2 Å². The van der Waals surface area contributed by atoms with Gasteiger partial charge in [0.1, 0.15) is 5.75 Å². The van der Waals surface area contributed by atoms with Crippen LogP contribution in [0.4, 0.5) is 8.78 Å². The summed E-state index contributed by atoms with van der Waals surface area (Å²) in [6.07, 6.45) is 2.20. The Morgan fingerprint density at radius 2 is 2.09 bits per heavy atom. The molecule has 3 rings (SSSR count). The molecule has 1 N–H and O–H groups in total. The Bertz CT molecular complexity index is 672. The van der Waals surface area contributed by atoms with E-state index in [0.29, 0.717) is 12.0 Å². The molecule has 116 valence electrons. The van der Waals surface area contributed by atoms with E-state index < -0.39 is 11.6 Å². The second kappa shape index (κ2) is 6.44. The van der Waals surface area contributed by atoms with Crippen molar-refractivity contribution < 1.29 is 13.5 Å². The monoisotopic (exact) mass is 303 g/mol. The van der Waals surface area contributed by atoms with Crippen LogP contribution in [-0.4, -0.2) is 13.7 Å². The van der Waals surface area contributed by atoms with Crippen molar-refractivity contribution in [2.75, 3.05) is 13.7 Å². The summed E-state index contributed by atoms with van der Waals surface area (Å²) >= 11 is 0. The van der Waals surface area contributed by atoms with Crippen molar-refractivity contribution in [3.05, 3.63) is 64.7 Å². The Hall–Kier alpha value is -1.94. The van der Waals surface area contributed by atoms with Crippen molar-refractivity contribution in [2.24, 2.45) is 0 Å². The smallest absolute Gasteiger partial charge is 0.162 e. The van der Waals surface area contributed by atoms with E-state index in [1.54, 1.807) is 19.2 Å². The summed E-state index contributed by atoms with van der Waals surface area (Å²) in [6.45, 7) is 0.885. The van der Waals surface area contributed by atoms with Gasteiger partial charge in [-0.15, -0.1) is 0 Å². The van der Waals surface area contributed by atoms with E-state index in [2.05, 4.69) is 17.4 Å². The Balaban J connectivity index is 1.76. The fourth-order valence-corrected chi connectivity index (χ4v) is 3.06. The van der Waals surface area contributed by atoms with Gasteiger partial charge < -0.3 is 10.1 Å². The third-order valence-electron chi connectivity index (χ3n) is 4.24. The van der Waals surface area contributed by atoms with Crippen molar-refractivity contribution in [3.8, 4) is 5.75 Å². The molecule has 1 unspecified atom stereocenters. The Labute approximate surface area is 129 Å². The summed E-state index contributed by atoms with van der Waals surface area (Å²) in [5.74, 6) is -0.650. The highest BCUT2D eigenvalue weighted by Gasteiger charge is 2.20. The molecule has 0 aromatic heterocycles. The molecule has 0 bridgehead atoms. The average Bonchev–Trinajstić information content (AvgIpc) is 2.55. The van der Waals surface area contributed by atoms with Crippen molar-refractivity contribution in [1.29, 1.82) is 0 Å². The molecule has 2 nitrogen and oxygen atoms in total. The standard InChI is InChI=1S/C18H19F2NO/c1-22-14-6-7-15-13(11-14)9-10-21-17(15)8-5-12-3-2-4-16(19)18(12)20/h2-4,6-7,11,17,21H,5,8-10H2,1H3. The lowest BCUT2D eigenvalue weighted by atomic mass is 9.90. The SMILES string of the molecule is COc1ccc2c(c1)CCNC2CCc1cccc(F)c1F. The number of fused-ring (bicyclic) bond motifs is 1. The molecule has 0 saturated heterocycles. The maximum atomic E-state index is 13.7. The number of benzene rings is 2. The summed E-state index contributed by atoms with van der Waals surface area (Å²) in [7, 11) is 1.66. The molecule has 0 amide bonds. The van der Waals surface area contributed by atoms with Gasteiger partial charge in [-0.25, -0.2) is 8.78 Å². The molecule has 2 aromatic carbocycles. The number of hydrogen-bond donors (Lipinski definition) is 1. The van der Waals surface area contributed by atoms with E-state index in [1.165, 1.54) is 11.1 Å². The molecule has 0 saturated carbocycles. The highest BCUT2D eigenvalue weighted by atomic mass is 19.2. The lowest BCUT2D eigenvalue weighted by Gasteiger charge is -2.27. The fourth-order valence-electron chi connectivity index (χ4n) is 3.06. The number of nitrogens with one attached hydrogen (secondary N) is 1. The molecular weight excluding hydrogens is 284 g/mol. The topological polar surface area (TPSA) is 21.3 Å². The first kappa shape index (κ1) is 15.0. The second-order valence-electron chi connectivity index (χ2n) is 5.57. The lowest BCUT2D eigenvalue weighted by molar-refractivity contribution is 0.411. The first-order valence-corrected chi connectivity index (χ1v) is 7.52. The molecule has 1 heterocycles. The molecular formula is C18H19F2NO. The van der Waals surface area contributed by atoms with Gasteiger partial charge in [-0.05, 0) is 60.7 Å². The number of methoxy groups -OCH3 is 1. The van der Waals surface area contributed by atoms with Crippen molar-refractivity contribution in [2.45, 2.75) is 25.3 Å². The van der Waals surface area contributed by atoms with Crippen LogP contribution in [0.2, 0.25) is 0 Å². The summed E-state index contributed by atoms with van der Waals surface area (Å²) in [4.78, 5) is 0. The van der Waals surface area contributed by atoms with Gasteiger partial charge in [0.05, 0.1) is 7.11 Å². The van der Waals surface area contributed by atoms with Crippen LogP contribution >= 0.6 is 0 Å². The predicted octanol–water partition coefficient (Wildman–Crippen LogP) is 3.79. The number of hydrogen-bond acceptors (Lipinski definition) is 2. The van der Waals surface area contributed by atoms with Gasteiger partial charge >= 0.3 is 0 Å². The minimum Gasteiger partial charge on any atom is -0.497 e. The number of halogens is 2. The molecule has 1 atom stereocenters. The first-order valence-electron chi connectivity index (χ1n) is 7.52. The maximum absolute atomic E-state index is 13.7. The number of ether oxygens (including phenoxy) is 1. The molecule has 0 spiro atoms. The summed E-state index contributed by atoms with van der Waals surface area (Å²) < 4.78 is 32.3. The third kappa shape index (κ3) is 2.97. The van der Waals surface area contributed by atoms with Crippen LogP contribution in [0, 0.1) is 11.6 Å². The van der Waals surface area contributed by atoms with Crippen molar-refractivity contribution >= 4 is 0 Å². The average molecular weight is 303 g/mol. The zero-order chi connectivity index (χ0) is 15.5. The largest absolute Gasteiger partial charge is 0.497 e. The Morgan fingerprint density at radius 1 is 1.23 bits per heavy atom. The zero-order valence-corrected chi connectivity index (χ0v) is 12.5. The van der Waals surface area contributed by atoms with E-state index in [4.69, 9.17) is 4.74 Å².